The van der Waals surface area contributed by atoms with Gasteiger partial charge in [0.05, 0.1) is 12.1 Å². The largest absolute Gasteiger partial charge is 0.387 e. The third-order valence-corrected chi connectivity index (χ3v) is 3.16. The van der Waals surface area contributed by atoms with Gasteiger partial charge in [-0.05, 0) is 19.9 Å². The van der Waals surface area contributed by atoms with E-state index in [9.17, 15) is 18.7 Å². The van der Waals surface area contributed by atoms with Gasteiger partial charge in [-0.3, -0.25) is 4.79 Å². The molecule has 1 amide bonds. The first-order valence-electron chi connectivity index (χ1n) is 6.48. The molecule has 4 nitrogen and oxygen atoms in total. The third-order valence-electron chi connectivity index (χ3n) is 3.16. The van der Waals surface area contributed by atoms with Crippen LogP contribution < -0.4 is 5.32 Å². The second kappa shape index (κ2) is 7.31. The highest BCUT2D eigenvalue weighted by Crippen LogP contribution is 2.17. The smallest absolute Gasteiger partial charge is 0.239 e. The molecule has 1 aromatic rings. The van der Waals surface area contributed by atoms with Gasteiger partial charge in [-0.15, -0.1) is 0 Å². The van der Waals surface area contributed by atoms with Gasteiger partial charge in [-0.25, -0.2) is 8.78 Å². The van der Waals surface area contributed by atoms with Crippen molar-refractivity contribution in [3.63, 3.8) is 0 Å². The molecule has 20 heavy (non-hydrogen) atoms. The van der Waals surface area contributed by atoms with Crippen molar-refractivity contribution in [2.24, 2.45) is 0 Å². The highest BCUT2D eigenvalue weighted by Gasteiger charge is 2.19. The summed E-state index contributed by atoms with van der Waals surface area (Å²) in [4.78, 5) is 13.3. The van der Waals surface area contributed by atoms with E-state index in [1.54, 1.807) is 18.9 Å². The van der Waals surface area contributed by atoms with Gasteiger partial charge >= 0.3 is 0 Å². The number of halogens is 2. The van der Waals surface area contributed by atoms with Crippen LogP contribution in [-0.4, -0.2) is 42.1 Å². The Hall–Kier alpha value is -1.53. The summed E-state index contributed by atoms with van der Waals surface area (Å²) in [5.41, 5.74) is 0.00222. The number of nitrogens with zero attached hydrogens (tertiary/aromatic N) is 1. The van der Waals surface area contributed by atoms with Gasteiger partial charge in [-0.2, -0.15) is 0 Å². The van der Waals surface area contributed by atoms with Gasteiger partial charge in [0.15, 0.2) is 0 Å². The summed E-state index contributed by atoms with van der Waals surface area (Å²) >= 11 is 0. The van der Waals surface area contributed by atoms with Gasteiger partial charge in [0, 0.05) is 31.8 Å². The fourth-order valence-corrected chi connectivity index (χ4v) is 1.74. The number of aliphatic hydroxyl groups excluding tert-OH is 1. The maximum absolute atomic E-state index is 13.5. The fourth-order valence-electron chi connectivity index (χ4n) is 1.74. The van der Waals surface area contributed by atoms with Crippen molar-refractivity contribution in [3.8, 4) is 0 Å². The summed E-state index contributed by atoms with van der Waals surface area (Å²) in [6, 6.07) is 2.51. The number of hydrogen-bond donors (Lipinski definition) is 2. The number of likely N-dealkylation sites (N-methyl/N-ethyl adjacent to an activating group) is 1. The lowest BCUT2D eigenvalue weighted by atomic mass is 10.1. The van der Waals surface area contributed by atoms with Crippen molar-refractivity contribution >= 4 is 5.91 Å². The molecule has 1 aromatic carbocycles. The molecule has 6 heteroatoms. The number of hydrogen-bond acceptors (Lipinski definition) is 3. The number of carbonyl (C=O) groups is 1. The normalized spacial score (nSPS) is 13.9. The van der Waals surface area contributed by atoms with Crippen LogP contribution in [-0.2, 0) is 4.79 Å². The minimum atomic E-state index is -1.14. The summed E-state index contributed by atoms with van der Waals surface area (Å²) in [6.45, 7) is 4.11. The molecule has 1 rings (SSSR count). The van der Waals surface area contributed by atoms with Crippen LogP contribution in [0, 0.1) is 11.6 Å². The molecular formula is C14H20F2N2O2. The first-order chi connectivity index (χ1) is 9.36. The quantitative estimate of drug-likeness (QED) is 0.832. The summed E-state index contributed by atoms with van der Waals surface area (Å²) in [5, 5.41) is 12.7. The van der Waals surface area contributed by atoms with Gasteiger partial charge in [-0.1, -0.05) is 6.07 Å². The third kappa shape index (κ3) is 4.25. The van der Waals surface area contributed by atoms with Crippen molar-refractivity contribution < 1.29 is 18.7 Å². The summed E-state index contributed by atoms with van der Waals surface area (Å²) in [6.07, 6.45) is -1.14. The topological polar surface area (TPSA) is 52.6 Å². The molecule has 0 aliphatic heterocycles. The van der Waals surface area contributed by atoms with Crippen LogP contribution in [0.3, 0.4) is 0 Å². The van der Waals surface area contributed by atoms with E-state index >= 15 is 0 Å². The first kappa shape index (κ1) is 16.5. The van der Waals surface area contributed by atoms with Gasteiger partial charge < -0.3 is 15.3 Å². The summed E-state index contributed by atoms with van der Waals surface area (Å²) in [5.74, 6) is -1.61. The van der Waals surface area contributed by atoms with E-state index in [4.69, 9.17) is 0 Å². The van der Waals surface area contributed by atoms with Crippen LogP contribution >= 0.6 is 0 Å². The molecule has 0 heterocycles. The van der Waals surface area contributed by atoms with Crippen LogP contribution in [0.15, 0.2) is 18.2 Å². The second-order valence-corrected chi connectivity index (χ2v) is 4.66. The maximum Gasteiger partial charge on any atom is 0.239 e. The number of aliphatic hydroxyl groups is 1. The van der Waals surface area contributed by atoms with Crippen LogP contribution in [0.1, 0.15) is 25.5 Å². The van der Waals surface area contributed by atoms with Crippen molar-refractivity contribution in [2.75, 3.05) is 20.1 Å². The molecule has 0 radical (unpaired) electrons. The van der Waals surface area contributed by atoms with Crippen LogP contribution in [0.25, 0.3) is 0 Å². The lowest BCUT2D eigenvalue weighted by Crippen LogP contribution is -2.44. The Morgan fingerprint density at radius 2 is 2.10 bits per heavy atom. The van der Waals surface area contributed by atoms with E-state index in [2.05, 4.69) is 5.32 Å². The number of amides is 1. The predicted octanol–water partition coefficient (Wildman–Crippen LogP) is 1.45. The molecule has 0 aromatic heterocycles. The molecule has 0 saturated carbocycles. The van der Waals surface area contributed by atoms with Crippen molar-refractivity contribution in [1.82, 2.24) is 10.2 Å². The number of benzene rings is 1. The predicted molar refractivity (Wildman–Crippen MR) is 72.1 cm³/mol. The zero-order valence-corrected chi connectivity index (χ0v) is 11.9. The van der Waals surface area contributed by atoms with E-state index in [0.717, 1.165) is 12.1 Å². The number of nitrogens with one attached hydrogen (secondary N) is 1. The van der Waals surface area contributed by atoms with Gasteiger partial charge in [0.1, 0.15) is 11.6 Å². The zero-order chi connectivity index (χ0) is 15.3. The Morgan fingerprint density at radius 3 is 2.65 bits per heavy atom. The van der Waals surface area contributed by atoms with Gasteiger partial charge in [0.2, 0.25) is 5.91 Å². The molecule has 0 fully saturated rings. The Balaban J connectivity index is 2.59. The van der Waals surface area contributed by atoms with Crippen molar-refractivity contribution in [1.29, 1.82) is 0 Å². The Labute approximate surface area is 117 Å². The lowest BCUT2D eigenvalue weighted by molar-refractivity contribution is -0.131. The highest BCUT2D eigenvalue weighted by atomic mass is 19.1. The molecule has 0 aliphatic rings. The molecule has 2 N–H and O–H groups in total. The maximum atomic E-state index is 13.5. The van der Waals surface area contributed by atoms with E-state index < -0.39 is 23.8 Å². The van der Waals surface area contributed by atoms with Crippen LogP contribution in [0.2, 0.25) is 0 Å². The van der Waals surface area contributed by atoms with Crippen molar-refractivity contribution in [2.45, 2.75) is 26.0 Å². The Morgan fingerprint density at radius 1 is 1.45 bits per heavy atom. The number of rotatable bonds is 6. The highest BCUT2D eigenvalue weighted by molar-refractivity contribution is 5.81. The van der Waals surface area contributed by atoms with E-state index in [0.29, 0.717) is 6.54 Å². The molecule has 0 saturated heterocycles. The molecule has 2 unspecified atom stereocenters. The van der Waals surface area contributed by atoms with Gasteiger partial charge in [0.25, 0.3) is 0 Å². The Bertz CT molecular complexity index is 468. The van der Waals surface area contributed by atoms with E-state index in [1.807, 2.05) is 6.92 Å². The second-order valence-electron chi connectivity index (χ2n) is 4.66. The Kier molecular flexibility index (Phi) is 6.04. The van der Waals surface area contributed by atoms with E-state index in [-0.39, 0.29) is 18.0 Å². The molecule has 0 bridgehead atoms. The van der Waals surface area contributed by atoms with Crippen molar-refractivity contribution in [3.05, 3.63) is 35.4 Å². The minimum Gasteiger partial charge on any atom is -0.387 e. The van der Waals surface area contributed by atoms with Crippen LogP contribution in [0.4, 0.5) is 8.78 Å². The fraction of sp³-hybridized carbons (Fsp3) is 0.500. The SMILES string of the molecule is CCN(C)C(=O)C(C)NCC(O)c1ccc(F)cc1F. The molecule has 0 spiro atoms. The number of carbonyl (C=O) groups excluding carboxylic acids is 1. The molecule has 2 atom stereocenters. The summed E-state index contributed by atoms with van der Waals surface area (Å²) in [7, 11) is 1.68. The average Bonchev–Trinajstić information content (AvgIpc) is 2.42. The lowest BCUT2D eigenvalue weighted by Gasteiger charge is -2.22. The molecule has 0 aliphatic carbocycles. The standard InChI is InChI=1S/C14H20F2N2O2/c1-4-18(3)14(20)9(2)17-8-13(19)11-6-5-10(15)7-12(11)16/h5-7,9,13,17,19H,4,8H2,1-3H3. The molecule has 112 valence electrons. The average molecular weight is 286 g/mol. The minimum absolute atomic E-state index is 0.00222. The van der Waals surface area contributed by atoms with E-state index in [1.165, 1.54) is 6.07 Å². The molecular weight excluding hydrogens is 266 g/mol. The summed E-state index contributed by atoms with van der Waals surface area (Å²) < 4.78 is 26.2. The first-order valence-corrected chi connectivity index (χ1v) is 6.48. The zero-order valence-electron chi connectivity index (χ0n) is 11.9. The van der Waals surface area contributed by atoms with Crippen LogP contribution in [0.5, 0.6) is 0 Å². The monoisotopic (exact) mass is 286 g/mol.